The molecule has 0 spiro atoms. The van der Waals surface area contributed by atoms with Gasteiger partial charge in [0.2, 0.25) is 0 Å². The summed E-state index contributed by atoms with van der Waals surface area (Å²) in [6, 6.07) is 1.91. The smallest absolute Gasteiger partial charge is 0.340 e. The largest absolute Gasteiger partial charge is 0.462 e. The zero-order valence-corrected chi connectivity index (χ0v) is 12.9. The zero-order valence-electron chi connectivity index (χ0n) is 12.9. The van der Waals surface area contributed by atoms with E-state index >= 15 is 0 Å². The molecule has 2 heterocycles. The van der Waals surface area contributed by atoms with E-state index in [0.29, 0.717) is 12.2 Å². The highest BCUT2D eigenvalue weighted by Crippen LogP contribution is 2.32. The number of pyridine rings is 1. The minimum absolute atomic E-state index is 0.0318. The topological polar surface area (TPSA) is 48.4 Å². The second kappa shape index (κ2) is 5.92. The fourth-order valence-corrected chi connectivity index (χ4v) is 2.65. The zero-order chi connectivity index (χ0) is 14.9. The number of hydrogen-bond donors (Lipinski definition) is 0. The number of ether oxygens (including phenoxy) is 2. The number of rotatable bonds is 3. The molecule has 0 fully saturated rings. The fraction of sp³-hybridized carbons (Fsp3) is 0.625. The van der Waals surface area contributed by atoms with Crippen LogP contribution >= 0.6 is 0 Å². The third-order valence-corrected chi connectivity index (χ3v) is 3.56. The minimum Gasteiger partial charge on any atom is -0.462 e. The van der Waals surface area contributed by atoms with Crippen molar-refractivity contribution in [2.45, 2.75) is 59.2 Å². The van der Waals surface area contributed by atoms with Crippen LogP contribution < -0.4 is 0 Å². The van der Waals surface area contributed by atoms with E-state index in [2.05, 4.69) is 6.92 Å². The Balaban J connectivity index is 2.51. The molecule has 0 amide bonds. The number of nitrogens with zero attached hydrogens (tertiary/aromatic N) is 1. The van der Waals surface area contributed by atoms with Crippen LogP contribution in [0.4, 0.5) is 0 Å². The molecule has 0 aromatic carbocycles. The van der Waals surface area contributed by atoms with Crippen molar-refractivity contribution in [3.63, 3.8) is 0 Å². The van der Waals surface area contributed by atoms with Crippen molar-refractivity contribution in [2.24, 2.45) is 0 Å². The molecule has 0 aliphatic carbocycles. The Morgan fingerprint density at radius 2 is 2.20 bits per heavy atom. The van der Waals surface area contributed by atoms with E-state index in [1.807, 2.05) is 33.8 Å². The molecule has 110 valence electrons. The van der Waals surface area contributed by atoms with Gasteiger partial charge in [-0.2, -0.15) is 0 Å². The summed E-state index contributed by atoms with van der Waals surface area (Å²) in [5.74, 6) is -0.106. The molecule has 4 heteroatoms. The molecule has 1 aromatic rings. The third kappa shape index (κ3) is 2.85. The molecular formula is C16H23NO3. The number of hydrogen-bond acceptors (Lipinski definition) is 4. The Labute approximate surface area is 120 Å². The second-order valence-corrected chi connectivity index (χ2v) is 5.63. The summed E-state index contributed by atoms with van der Waals surface area (Å²) in [6.45, 7) is 10.3. The molecule has 1 aliphatic rings. The lowest BCUT2D eigenvalue weighted by Gasteiger charge is -2.29. The van der Waals surface area contributed by atoms with Crippen LogP contribution in [0.25, 0.3) is 0 Å². The number of esters is 1. The van der Waals surface area contributed by atoms with Gasteiger partial charge in [0.15, 0.2) is 0 Å². The van der Waals surface area contributed by atoms with Crippen LogP contribution in [0.3, 0.4) is 0 Å². The van der Waals surface area contributed by atoms with E-state index in [-0.39, 0.29) is 24.1 Å². The maximum Gasteiger partial charge on any atom is 0.340 e. The molecule has 0 radical (unpaired) electrons. The fourth-order valence-electron chi connectivity index (χ4n) is 2.65. The van der Waals surface area contributed by atoms with E-state index in [0.717, 1.165) is 23.4 Å². The molecular weight excluding hydrogens is 254 g/mol. The van der Waals surface area contributed by atoms with Gasteiger partial charge in [0.1, 0.15) is 0 Å². The summed E-state index contributed by atoms with van der Waals surface area (Å²) in [5.41, 5.74) is 3.46. The van der Waals surface area contributed by atoms with Crippen molar-refractivity contribution in [3.05, 3.63) is 28.6 Å². The maximum absolute atomic E-state index is 12.1. The standard InChI is InChI=1S/C16H23NO3/c1-6-19-16(18)13-8-12-11(5)20-10(4)7-14(12)17-15(13)9(2)3/h8-11H,6-7H2,1-5H3. The number of carbonyl (C=O) groups is 1. The summed E-state index contributed by atoms with van der Waals surface area (Å²) in [4.78, 5) is 16.9. The normalized spacial score (nSPS) is 21.7. The van der Waals surface area contributed by atoms with Gasteiger partial charge in [-0.3, -0.25) is 4.98 Å². The van der Waals surface area contributed by atoms with Crippen molar-refractivity contribution in [1.29, 1.82) is 0 Å². The monoisotopic (exact) mass is 277 g/mol. The quantitative estimate of drug-likeness (QED) is 0.794. The van der Waals surface area contributed by atoms with Crippen molar-refractivity contribution in [1.82, 2.24) is 4.98 Å². The van der Waals surface area contributed by atoms with Gasteiger partial charge in [0.05, 0.1) is 30.1 Å². The van der Waals surface area contributed by atoms with Crippen LogP contribution in [0, 0.1) is 0 Å². The van der Waals surface area contributed by atoms with Crippen molar-refractivity contribution in [2.75, 3.05) is 6.61 Å². The van der Waals surface area contributed by atoms with E-state index in [4.69, 9.17) is 14.5 Å². The van der Waals surface area contributed by atoms with Gasteiger partial charge in [-0.05, 0) is 32.8 Å². The minimum atomic E-state index is -0.294. The lowest BCUT2D eigenvalue weighted by molar-refractivity contribution is -0.00611. The lowest BCUT2D eigenvalue weighted by Crippen LogP contribution is -2.25. The number of aromatic nitrogens is 1. The highest BCUT2D eigenvalue weighted by atomic mass is 16.5. The molecule has 2 atom stereocenters. The van der Waals surface area contributed by atoms with Gasteiger partial charge >= 0.3 is 5.97 Å². The molecule has 0 bridgehead atoms. The first-order valence-corrected chi connectivity index (χ1v) is 7.30. The Bertz CT molecular complexity index is 511. The van der Waals surface area contributed by atoms with Crippen LogP contribution in [0.5, 0.6) is 0 Å². The van der Waals surface area contributed by atoms with Gasteiger partial charge in [0, 0.05) is 17.7 Å². The average Bonchev–Trinajstić information content (AvgIpc) is 2.37. The predicted octanol–water partition coefficient (Wildman–Crippen LogP) is 3.40. The number of fused-ring (bicyclic) bond motifs is 1. The van der Waals surface area contributed by atoms with E-state index < -0.39 is 0 Å². The molecule has 1 aliphatic heterocycles. The molecule has 2 rings (SSSR count). The summed E-state index contributed by atoms with van der Waals surface area (Å²) < 4.78 is 11.0. The van der Waals surface area contributed by atoms with Crippen LogP contribution in [-0.4, -0.2) is 23.7 Å². The molecule has 0 saturated heterocycles. The van der Waals surface area contributed by atoms with Gasteiger partial charge in [-0.15, -0.1) is 0 Å². The predicted molar refractivity (Wildman–Crippen MR) is 76.9 cm³/mol. The first-order valence-electron chi connectivity index (χ1n) is 7.30. The molecule has 0 saturated carbocycles. The first kappa shape index (κ1) is 15.0. The SMILES string of the molecule is CCOC(=O)c1cc2c(nc1C(C)C)CC(C)OC2C. The molecule has 0 N–H and O–H groups in total. The summed E-state index contributed by atoms with van der Waals surface area (Å²) in [5, 5.41) is 0. The van der Waals surface area contributed by atoms with E-state index in [1.165, 1.54) is 0 Å². The highest BCUT2D eigenvalue weighted by molar-refractivity contribution is 5.91. The Morgan fingerprint density at radius 3 is 2.80 bits per heavy atom. The van der Waals surface area contributed by atoms with Crippen LogP contribution in [0.1, 0.15) is 73.9 Å². The van der Waals surface area contributed by atoms with Crippen LogP contribution in [0.15, 0.2) is 6.07 Å². The summed E-state index contributed by atoms with van der Waals surface area (Å²) >= 11 is 0. The summed E-state index contributed by atoms with van der Waals surface area (Å²) in [7, 11) is 0. The molecule has 20 heavy (non-hydrogen) atoms. The second-order valence-electron chi connectivity index (χ2n) is 5.63. The van der Waals surface area contributed by atoms with Gasteiger partial charge in [-0.1, -0.05) is 13.8 Å². The highest BCUT2D eigenvalue weighted by Gasteiger charge is 2.27. The van der Waals surface area contributed by atoms with Gasteiger partial charge in [0.25, 0.3) is 0 Å². The van der Waals surface area contributed by atoms with Crippen molar-refractivity contribution in [3.8, 4) is 0 Å². The van der Waals surface area contributed by atoms with Gasteiger partial charge in [-0.25, -0.2) is 4.79 Å². The molecule has 1 aromatic heterocycles. The average molecular weight is 277 g/mol. The van der Waals surface area contributed by atoms with Crippen molar-refractivity contribution >= 4 is 5.97 Å². The summed E-state index contributed by atoms with van der Waals surface area (Å²) in [6.07, 6.45) is 0.928. The first-order chi connectivity index (χ1) is 9.43. The Morgan fingerprint density at radius 1 is 1.50 bits per heavy atom. The van der Waals surface area contributed by atoms with E-state index in [1.54, 1.807) is 0 Å². The number of carbonyl (C=O) groups excluding carboxylic acids is 1. The van der Waals surface area contributed by atoms with Crippen LogP contribution in [0.2, 0.25) is 0 Å². The van der Waals surface area contributed by atoms with Crippen molar-refractivity contribution < 1.29 is 14.3 Å². The Hall–Kier alpha value is -1.42. The van der Waals surface area contributed by atoms with Crippen LogP contribution in [-0.2, 0) is 15.9 Å². The maximum atomic E-state index is 12.1. The third-order valence-electron chi connectivity index (χ3n) is 3.56. The Kier molecular flexibility index (Phi) is 4.43. The lowest BCUT2D eigenvalue weighted by atomic mass is 9.94. The molecule has 4 nitrogen and oxygen atoms in total. The van der Waals surface area contributed by atoms with E-state index in [9.17, 15) is 4.79 Å². The van der Waals surface area contributed by atoms with Gasteiger partial charge < -0.3 is 9.47 Å². The molecule has 2 unspecified atom stereocenters.